The number of nitrogens with one attached hydrogen (secondary N) is 4. The zero-order valence-corrected chi connectivity index (χ0v) is 42.0. The molecule has 0 radical (unpaired) electrons. The Balaban J connectivity index is 0.000000797. The lowest BCUT2D eigenvalue weighted by atomic mass is 9.85. The normalized spacial score (nSPS) is 23.1. The molecule has 1 aliphatic heterocycles. The number of carbonyl (C=O) groups excluding carboxylic acids is 4. The minimum absolute atomic E-state index is 0.0189. The van der Waals surface area contributed by atoms with Crippen molar-refractivity contribution in [3.05, 3.63) is 42.3 Å². The molecule has 0 unspecified atom stereocenters. The molecule has 24 heteroatoms. The minimum atomic E-state index is -4.46. The second-order valence-corrected chi connectivity index (χ2v) is 22.8. The zero-order chi connectivity index (χ0) is 50.1. The first kappa shape index (κ1) is 51.7. The molecule has 4 saturated carbocycles. The number of alkyl carbamates (subject to hydrolysis) is 1. The summed E-state index contributed by atoms with van der Waals surface area (Å²) in [7, 11) is -6.56. The van der Waals surface area contributed by atoms with Gasteiger partial charge in [0.2, 0.25) is 11.8 Å². The molecule has 0 bridgehead atoms. The molecule has 21 nitrogen and oxygen atoms in total. The van der Waals surface area contributed by atoms with Crippen molar-refractivity contribution in [1.29, 1.82) is 0 Å². The lowest BCUT2D eigenvalue weighted by molar-refractivity contribution is -0.143. The van der Waals surface area contributed by atoms with Gasteiger partial charge in [-0.05, 0) is 89.2 Å². The molecule has 8 rings (SSSR count). The summed E-state index contributed by atoms with van der Waals surface area (Å²) in [5.41, 5.74) is -0.792. The highest BCUT2D eigenvalue weighted by atomic mass is 32.2. The van der Waals surface area contributed by atoms with Gasteiger partial charge in [0.25, 0.3) is 5.91 Å². The summed E-state index contributed by atoms with van der Waals surface area (Å²) in [6, 6.07) is 4.97. The van der Waals surface area contributed by atoms with Gasteiger partial charge in [-0.1, -0.05) is 26.8 Å². The molecule has 4 aliphatic carbocycles. The van der Waals surface area contributed by atoms with Crippen molar-refractivity contribution in [2.45, 2.75) is 147 Å². The molecule has 5 atom stereocenters. The number of hydrogen-bond acceptors (Lipinski definition) is 17. The molecule has 1 saturated heterocycles. The Kier molecular flexibility index (Phi) is 15.5. The van der Waals surface area contributed by atoms with Crippen molar-refractivity contribution >= 4 is 71.8 Å². The molecule has 1 aromatic carbocycles. The topological polar surface area (TPSA) is 286 Å². The molecule has 69 heavy (non-hydrogen) atoms. The number of amides is 4. The van der Waals surface area contributed by atoms with Crippen LogP contribution in [0.5, 0.6) is 11.5 Å². The van der Waals surface area contributed by atoms with Crippen LogP contribution in [0.4, 0.5) is 9.93 Å². The Morgan fingerprint density at radius 1 is 0.942 bits per heavy atom. The van der Waals surface area contributed by atoms with E-state index in [-0.39, 0.29) is 37.6 Å². The summed E-state index contributed by atoms with van der Waals surface area (Å²) in [6.07, 6.45) is 5.25. The number of likely N-dealkylation sites (tertiary alicyclic amines) is 1. The van der Waals surface area contributed by atoms with Gasteiger partial charge in [-0.25, -0.2) is 24.6 Å². The maximum absolute atomic E-state index is 14.8. The SMILES string of the molecule is C=C[C@@H]1C[C@]1(NC(=O)[C@@H]1C[C@@H](Oc2cc(-c3csc(NC(C)C)n3)nc3cc(OC)ccc23)CN1C(=O)[C@@H](NC(=O)OC1CCCC1)C(C)(C)C)C(=O)NS(=O)(=O)OC1CC1.NS(=O)(=O)OC1CC1. The average molecular weight is 1020 g/mol. The molecule has 5 aliphatic rings. The Morgan fingerprint density at radius 3 is 2.20 bits per heavy atom. The van der Waals surface area contributed by atoms with E-state index in [1.54, 1.807) is 46.1 Å². The summed E-state index contributed by atoms with van der Waals surface area (Å²) >= 11 is 1.44. The predicted molar refractivity (Wildman–Crippen MR) is 255 cm³/mol. The van der Waals surface area contributed by atoms with Crippen LogP contribution in [0.3, 0.4) is 0 Å². The summed E-state index contributed by atoms with van der Waals surface area (Å²) in [5.74, 6) is -1.84. The highest BCUT2D eigenvalue weighted by Gasteiger charge is 2.62. The Hall–Kier alpha value is -5.14. The van der Waals surface area contributed by atoms with Crippen LogP contribution >= 0.6 is 11.3 Å². The number of pyridine rings is 1. The molecule has 2 aromatic heterocycles. The second-order valence-electron chi connectivity index (χ2n) is 19.4. The zero-order valence-electron chi connectivity index (χ0n) is 39.5. The third kappa shape index (κ3) is 13.6. The molecular weight excluding hydrogens is 957 g/mol. The third-order valence-corrected chi connectivity index (χ3v) is 14.4. The van der Waals surface area contributed by atoms with Crippen LogP contribution in [0.2, 0.25) is 0 Å². The van der Waals surface area contributed by atoms with E-state index in [2.05, 4.69) is 31.9 Å². The van der Waals surface area contributed by atoms with E-state index in [1.807, 2.05) is 30.0 Å². The standard InChI is InChI=1S/C42H55N7O10S2.C3H7NO3S/c1-8-24-20-42(24,38(52)48-61(54,55)59-26-13-14-26)47-36(50)33-18-28(21-49(33)37(51)35(41(4,5)6)46-40(53)58-25-11-9-10-12-25)57-34-19-31(32-22-60-39(45-32)43-23(2)3)44-30-17-27(56-7)15-16-29(30)34;4-8(5,6)7-3-1-2-3/h8,15-17,19,22-26,28,33,35H,1,9-14,18,20-21H2,2-7H3,(H,43,45)(H,46,53)(H,47,50)(H,48,52);3H,1-2H2,(H2,4,5,6)/t24-,28-,33+,35-,42-;/m1./s1. The van der Waals surface area contributed by atoms with Crippen LogP contribution in [0.15, 0.2) is 42.3 Å². The van der Waals surface area contributed by atoms with E-state index in [1.165, 1.54) is 22.3 Å². The number of nitrogens with two attached hydrogens (primary N) is 1. The van der Waals surface area contributed by atoms with Crippen molar-refractivity contribution in [1.82, 2.24) is 30.2 Å². The van der Waals surface area contributed by atoms with E-state index in [4.69, 9.17) is 28.4 Å². The van der Waals surface area contributed by atoms with E-state index >= 15 is 0 Å². The molecule has 3 aromatic rings. The lowest BCUT2D eigenvalue weighted by Gasteiger charge is -2.35. The molecule has 0 spiro atoms. The fourth-order valence-electron chi connectivity index (χ4n) is 8.18. The van der Waals surface area contributed by atoms with Gasteiger partial charge in [-0.3, -0.25) is 22.7 Å². The van der Waals surface area contributed by atoms with Gasteiger partial charge in [-0.2, -0.15) is 16.8 Å². The first-order valence-corrected chi connectivity index (χ1v) is 26.8. The Labute approximate surface area is 406 Å². The number of benzene rings is 1. The number of methoxy groups -OCH3 is 1. The molecule has 3 heterocycles. The highest BCUT2D eigenvalue weighted by Crippen LogP contribution is 2.45. The Morgan fingerprint density at radius 2 is 1.62 bits per heavy atom. The van der Waals surface area contributed by atoms with Crippen molar-refractivity contribution in [3.63, 3.8) is 0 Å². The number of rotatable bonds is 18. The van der Waals surface area contributed by atoms with Gasteiger partial charge in [0.1, 0.15) is 47.0 Å². The Bertz CT molecular complexity index is 2640. The lowest BCUT2D eigenvalue weighted by Crippen LogP contribution is -2.60. The number of anilines is 1. The van der Waals surface area contributed by atoms with Crippen molar-refractivity contribution in [2.75, 3.05) is 19.0 Å². The van der Waals surface area contributed by atoms with Crippen LogP contribution < -0.4 is 35.3 Å². The van der Waals surface area contributed by atoms with Gasteiger partial charge in [0.15, 0.2) is 5.13 Å². The summed E-state index contributed by atoms with van der Waals surface area (Å²) in [5, 5.41) is 16.7. The molecule has 378 valence electrons. The summed E-state index contributed by atoms with van der Waals surface area (Å²) in [6.45, 7) is 13.1. The van der Waals surface area contributed by atoms with Crippen LogP contribution in [0, 0.1) is 11.3 Å². The first-order valence-electron chi connectivity index (χ1n) is 23.0. The van der Waals surface area contributed by atoms with Crippen LogP contribution in [0.1, 0.15) is 98.8 Å². The smallest absolute Gasteiger partial charge is 0.408 e. The number of fused-ring (bicyclic) bond motifs is 1. The number of nitrogens with zero attached hydrogens (tertiary/aromatic N) is 3. The van der Waals surface area contributed by atoms with E-state index in [9.17, 15) is 36.0 Å². The molecular formula is C45H62N8O13S3. The quantitative estimate of drug-likeness (QED) is 0.109. The van der Waals surface area contributed by atoms with Crippen LogP contribution in [0.25, 0.3) is 22.3 Å². The van der Waals surface area contributed by atoms with Crippen LogP contribution in [-0.4, -0.2) is 117 Å². The fourth-order valence-corrected chi connectivity index (χ4v) is 10.6. The second kappa shape index (κ2) is 20.7. The number of ether oxygens (including phenoxy) is 3. The number of aromatic nitrogens is 2. The van der Waals surface area contributed by atoms with Crippen molar-refractivity contribution in [3.8, 4) is 22.9 Å². The average Bonchev–Trinajstić information content (AvgIpc) is 4.22. The molecule has 4 amide bonds. The third-order valence-electron chi connectivity index (χ3n) is 12.1. The highest BCUT2D eigenvalue weighted by molar-refractivity contribution is 7.85. The molecule has 5 fully saturated rings. The van der Waals surface area contributed by atoms with Gasteiger partial charge in [0.05, 0.1) is 37.1 Å². The fraction of sp³-hybridized carbons (Fsp3) is 0.600. The molecule has 6 N–H and O–H groups in total. The number of carbonyl (C=O) groups is 4. The maximum Gasteiger partial charge on any atom is 0.408 e. The summed E-state index contributed by atoms with van der Waals surface area (Å²) in [4.78, 5) is 67.2. The largest absolute Gasteiger partial charge is 0.497 e. The van der Waals surface area contributed by atoms with Crippen LogP contribution in [-0.2, 0) is 48.1 Å². The van der Waals surface area contributed by atoms with Crippen molar-refractivity contribution < 1.29 is 58.6 Å². The van der Waals surface area contributed by atoms with Gasteiger partial charge in [0, 0.05) is 41.3 Å². The predicted octanol–water partition coefficient (Wildman–Crippen LogP) is 4.59. The van der Waals surface area contributed by atoms with Crippen molar-refractivity contribution in [2.24, 2.45) is 16.5 Å². The number of thiazole rings is 1. The van der Waals surface area contributed by atoms with E-state index in [0.717, 1.165) is 43.7 Å². The summed E-state index contributed by atoms with van der Waals surface area (Å²) < 4.78 is 74.7. The monoisotopic (exact) mass is 1020 g/mol. The number of hydrogen-bond donors (Lipinski definition) is 5. The maximum atomic E-state index is 14.8. The van der Waals surface area contributed by atoms with E-state index in [0.29, 0.717) is 46.6 Å². The minimum Gasteiger partial charge on any atom is -0.497 e. The first-order chi connectivity index (χ1) is 32.5. The van der Waals surface area contributed by atoms with Gasteiger partial charge < -0.3 is 35.1 Å². The van der Waals surface area contributed by atoms with Gasteiger partial charge in [-0.15, -0.1) is 17.9 Å². The van der Waals surface area contributed by atoms with Gasteiger partial charge >= 0.3 is 26.7 Å². The van der Waals surface area contributed by atoms with E-state index < -0.39 is 85.6 Å².